The first-order valence-corrected chi connectivity index (χ1v) is 7.15. The van der Waals surface area contributed by atoms with Crippen LogP contribution < -0.4 is 11.1 Å². The van der Waals surface area contributed by atoms with Crippen LogP contribution >= 0.6 is 0 Å². The zero-order valence-corrected chi connectivity index (χ0v) is 12.0. The van der Waals surface area contributed by atoms with Gasteiger partial charge < -0.3 is 16.2 Å². The van der Waals surface area contributed by atoms with Crippen molar-refractivity contribution in [1.82, 2.24) is 5.32 Å². The van der Waals surface area contributed by atoms with Crippen LogP contribution in [0.4, 0.5) is 0 Å². The van der Waals surface area contributed by atoms with Crippen LogP contribution in [-0.2, 0) is 9.59 Å². The molecule has 19 heavy (non-hydrogen) atoms. The SMILES string of the molecule is CCC(C)(N)C(=O)NCC1(C(=O)O)CCCCCC1. The van der Waals surface area contributed by atoms with Crippen molar-refractivity contribution in [2.45, 2.75) is 64.3 Å². The average molecular weight is 270 g/mol. The van der Waals surface area contributed by atoms with Gasteiger partial charge in [0.05, 0.1) is 11.0 Å². The molecule has 1 amide bonds. The number of rotatable bonds is 5. The number of nitrogens with one attached hydrogen (secondary N) is 1. The minimum Gasteiger partial charge on any atom is -0.481 e. The van der Waals surface area contributed by atoms with Gasteiger partial charge in [-0.05, 0) is 26.2 Å². The molecule has 0 spiro atoms. The van der Waals surface area contributed by atoms with Gasteiger partial charge in [-0.25, -0.2) is 0 Å². The lowest BCUT2D eigenvalue weighted by atomic mass is 9.80. The molecule has 0 saturated heterocycles. The van der Waals surface area contributed by atoms with E-state index in [1.54, 1.807) is 6.92 Å². The summed E-state index contributed by atoms with van der Waals surface area (Å²) in [6.07, 6.45) is 5.77. The molecule has 1 rings (SSSR count). The molecule has 5 heteroatoms. The van der Waals surface area contributed by atoms with E-state index in [-0.39, 0.29) is 12.5 Å². The Morgan fingerprint density at radius 1 is 1.26 bits per heavy atom. The smallest absolute Gasteiger partial charge is 0.311 e. The van der Waals surface area contributed by atoms with Crippen molar-refractivity contribution in [3.63, 3.8) is 0 Å². The largest absolute Gasteiger partial charge is 0.481 e. The van der Waals surface area contributed by atoms with E-state index in [1.807, 2.05) is 6.92 Å². The molecule has 4 N–H and O–H groups in total. The van der Waals surface area contributed by atoms with Crippen molar-refractivity contribution < 1.29 is 14.7 Å². The topological polar surface area (TPSA) is 92.4 Å². The number of hydrogen-bond donors (Lipinski definition) is 3. The molecule has 1 aliphatic carbocycles. The first-order valence-electron chi connectivity index (χ1n) is 7.15. The predicted molar refractivity (Wildman–Crippen MR) is 73.7 cm³/mol. The van der Waals surface area contributed by atoms with E-state index in [0.717, 1.165) is 25.7 Å². The highest BCUT2D eigenvalue weighted by Gasteiger charge is 2.40. The van der Waals surface area contributed by atoms with Gasteiger partial charge in [0.25, 0.3) is 0 Å². The summed E-state index contributed by atoms with van der Waals surface area (Å²) in [5, 5.41) is 12.3. The first-order chi connectivity index (χ1) is 8.84. The van der Waals surface area contributed by atoms with Crippen LogP contribution in [0.5, 0.6) is 0 Å². The van der Waals surface area contributed by atoms with Gasteiger partial charge in [0.15, 0.2) is 0 Å². The van der Waals surface area contributed by atoms with Crippen LogP contribution in [0.3, 0.4) is 0 Å². The fraction of sp³-hybridized carbons (Fsp3) is 0.857. The molecule has 1 saturated carbocycles. The van der Waals surface area contributed by atoms with Crippen molar-refractivity contribution in [3.8, 4) is 0 Å². The van der Waals surface area contributed by atoms with E-state index >= 15 is 0 Å². The van der Waals surface area contributed by atoms with Crippen molar-refractivity contribution in [3.05, 3.63) is 0 Å². The third kappa shape index (κ3) is 3.93. The summed E-state index contributed by atoms with van der Waals surface area (Å²) in [4.78, 5) is 23.5. The first kappa shape index (κ1) is 16.0. The molecule has 0 aromatic rings. The van der Waals surface area contributed by atoms with E-state index < -0.39 is 16.9 Å². The maximum absolute atomic E-state index is 12.0. The van der Waals surface area contributed by atoms with Crippen molar-refractivity contribution in [2.24, 2.45) is 11.1 Å². The van der Waals surface area contributed by atoms with E-state index in [0.29, 0.717) is 19.3 Å². The molecule has 0 bridgehead atoms. The molecule has 0 aromatic heterocycles. The van der Waals surface area contributed by atoms with Crippen LogP contribution in [0.25, 0.3) is 0 Å². The van der Waals surface area contributed by atoms with Crippen LogP contribution in [-0.4, -0.2) is 29.1 Å². The van der Waals surface area contributed by atoms with Gasteiger partial charge in [-0.3, -0.25) is 9.59 Å². The van der Waals surface area contributed by atoms with Crippen LogP contribution in [0, 0.1) is 5.41 Å². The van der Waals surface area contributed by atoms with Crippen LogP contribution in [0.1, 0.15) is 58.8 Å². The summed E-state index contributed by atoms with van der Waals surface area (Å²) in [6.45, 7) is 3.70. The van der Waals surface area contributed by atoms with Gasteiger partial charge in [0.2, 0.25) is 5.91 Å². The molecule has 0 aromatic carbocycles. The Morgan fingerprint density at radius 3 is 2.21 bits per heavy atom. The summed E-state index contributed by atoms with van der Waals surface area (Å²) >= 11 is 0. The predicted octanol–water partition coefficient (Wildman–Crippen LogP) is 1.66. The molecule has 0 heterocycles. The number of carboxylic acids is 1. The fourth-order valence-electron chi connectivity index (χ4n) is 2.48. The fourth-order valence-corrected chi connectivity index (χ4v) is 2.48. The second-order valence-electron chi connectivity index (χ2n) is 5.95. The van der Waals surface area contributed by atoms with E-state index in [2.05, 4.69) is 5.32 Å². The number of carbonyl (C=O) groups is 2. The number of carboxylic acid groups (broad SMARTS) is 1. The third-order valence-electron chi connectivity index (χ3n) is 4.35. The molecule has 0 radical (unpaired) electrons. The highest BCUT2D eigenvalue weighted by molar-refractivity contribution is 5.86. The zero-order valence-electron chi connectivity index (χ0n) is 12.0. The highest BCUT2D eigenvalue weighted by atomic mass is 16.4. The van der Waals surface area contributed by atoms with Crippen LogP contribution in [0.15, 0.2) is 0 Å². The minimum atomic E-state index is -0.926. The van der Waals surface area contributed by atoms with Crippen molar-refractivity contribution >= 4 is 11.9 Å². The van der Waals surface area contributed by atoms with Gasteiger partial charge in [-0.15, -0.1) is 0 Å². The zero-order chi connectivity index (χ0) is 14.5. The van der Waals surface area contributed by atoms with Gasteiger partial charge >= 0.3 is 5.97 Å². The number of aliphatic carboxylic acids is 1. The standard InChI is InChI=1S/C14H26N2O3/c1-3-13(2,15)11(17)16-10-14(12(18)19)8-6-4-5-7-9-14/h3-10,15H2,1-2H3,(H,16,17)(H,18,19). The molecular weight excluding hydrogens is 244 g/mol. The summed E-state index contributed by atoms with van der Waals surface area (Å²) < 4.78 is 0. The normalized spacial score (nSPS) is 22.1. The Hall–Kier alpha value is -1.10. The second kappa shape index (κ2) is 6.37. The highest BCUT2D eigenvalue weighted by Crippen LogP contribution is 2.34. The van der Waals surface area contributed by atoms with Crippen molar-refractivity contribution in [2.75, 3.05) is 6.54 Å². The van der Waals surface area contributed by atoms with Gasteiger partial charge in [-0.2, -0.15) is 0 Å². The maximum Gasteiger partial charge on any atom is 0.311 e. The van der Waals surface area contributed by atoms with E-state index in [4.69, 9.17) is 5.73 Å². The Morgan fingerprint density at radius 2 is 1.79 bits per heavy atom. The minimum absolute atomic E-state index is 0.188. The van der Waals surface area contributed by atoms with E-state index in [9.17, 15) is 14.7 Å². The maximum atomic E-state index is 12.0. The monoisotopic (exact) mass is 270 g/mol. The lowest BCUT2D eigenvalue weighted by molar-refractivity contribution is -0.150. The molecule has 0 aliphatic heterocycles. The summed E-state index contributed by atoms with van der Waals surface area (Å²) in [6, 6.07) is 0. The molecular formula is C14H26N2O3. The molecule has 1 aliphatic rings. The molecule has 1 unspecified atom stereocenters. The summed E-state index contributed by atoms with van der Waals surface area (Å²) in [7, 11) is 0. The number of amides is 1. The Bertz CT molecular complexity index is 332. The summed E-state index contributed by atoms with van der Waals surface area (Å²) in [5.74, 6) is -1.07. The summed E-state index contributed by atoms with van der Waals surface area (Å²) in [5.41, 5.74) is 4.13. The number of carbonyl (C=O) groups excluding carboxylic acids is 1. The van der Waals surface area contributed by atoms with Gasteiger partial charge in [-0.1, -0.05) is 32.6 Å². The van der Waals surface area contributed by atoms with Gasteiger partial charge in [0.1, 0.15) is 0 Å². The number of hydrogen-bond acceptors (Lipinski definition) is 3. The third-order valence-corrected chi connectivity index (χ3v) is 4.35. The second-order valence-corrected chi connectivity index (χ2v) is 5.95. The quantitative estimate of drug-likeness (QED) is 0.662. The van der Waals surface area contributed by atoms with Gasteiger partial charge in [0, 0.05) is 6.54 Å². The van der Waals surface area contributed by atoms with Crippen molar-refractivity contribution in [1.29, 1.82) is 0 Å². The Balaban J connectivity index is 2.69. The molecule has 5 nitrogen and oxygen atoms in total. The van der Waals surface area contributed by atoms with E-state index in [1.165, 1.54) is 0 Å². The van der Waals surface area contributed by atoms with Crippen LogP contribution in [0.2, 0.25) is 0 Å². The Labute approximate surface area is 114 Å². The molecule has 1 atom stereocenters. The average Bonchev–Trinajstić information content (AvgIpc) is 2.62. The molecule has 110 valence electrons. The lowest BCUT2D eigenvalue weighted by Gasteiger charge is -2.30. The number of nitrogens with two attached hydrogens (primary N) is 1. The lowest BCUT2D eigenvalue weighted by Crippen LogP contribution is -2.54. The molecule has 1 fully saturated rings. The Kier molecular flexibility index (Phi) is 5.35.